The number of benzene rings is 1. The van der Waals surface area contributed by atoms with E-state index in [1.54, 1.807) is 0 Å². The maximum Gasteiger partial charge on any atom is 0.119 e. The van der Waals surface area contributed by atoms with Crippen LogP contribution in [0.15, 0.2) is 47.9 Å². The molecule has 2 aromatic rings. The third-order valence-electron chi connectivity index (χ3n) is 4.77. The van der Waals surface area contributed by atoms with Crippen LogP contribution in [-0.2, 0) is 0 Å². The number of thiophene rings is 1. The van der Waals surface area contributed by atoms with Gasteiger partial charge in [-0.3, -0.25) is 0 Å². The molecule has 1 N–H and O–H groups in total. The lowest BCUT2D eigenvalue weighted by atomic mass is 9.79. The van der Waals surface area contributed by atoms with Crippen LogP contribution in [0.5, 0.6) is 5.75 Å². The van der Waals surface area contributed by atoms with E-state index in [1.165, 1.54) is 16.1 Å². The van der Waals surface area contributed by atoms with Gasteiger partial charge in [0.05, 0.1) is 12.6 Å². The molecule has 3 unspecified atom stereocenters. The monoisotopic (exact) mass is 325 g/mol. The van der Waals surface area contributed by atoms with Crippen LogP contribution in [0.2, 0.25) is 0 Å². The Kier molecular flexibility index (Phi) is 3.90. The zero-order chi connectivity index (χ0) is 15.8. The summed E-state index contributed by atoms with van der Waals surface area (Å²) in [4.78, 5) is 1.44. The van der Waals surface area contributed by atoms with Crippen molar-refractivity contribution in [1.82, 2.24) is 0 Å². The van der Waals surface area contributed by atoms with Crippen LogP contribution in [0.1, 0.15) is 42.7 Å². The summed E-state index contributed by atoms with van der Waals surface area (Å²) in [5, 5.41) is 5.95. The maximum absolute atomic E-state index is 5.93. The van der Waals surface area contributed by atoms with Crippen LogP contribution in [-0.4, -0.2) is 6.61 Å². The van der Waals surface area contributed by atoms with Crippen molar-refractivity contribution in [2.45, 2.75) is 32.2 Å². The molecule has 0 saturated carbocycles. The second kappa shape index (κ2) is 6.04. The van der Waals surface area contributed by atoms with Crippen molar-refractivity contribution >= 4 is 17.0 Å². The number of rotatable bonds is 4. The molecule has 0 amide bonds. The molecule has 1 aromatic carbocycles. The fourth-order valence-corrected chi connectivity index (χ4v) is 4.53. The van der Waals surface area contributed by atoms with Crippen molar-refractivity contribution in [3.63, 3.8) is 0 Å². The molecular weight excluding hydrogens is 302 g/mol. The maximum atomic E-state index is 5.93. The van der Waals surface area contributed by atoms with Crippen LogP contribution < -0.4 is 10.1 Å². The van der Waals surface area contributed by atoms with E-state index in [4.69, 9.17) is 4.74 Å². The number of fused-ring (bicyclic) bond motifs is 3. The second-order valence-corrected chi connectivity index (χ2v) is 7.92. The van der Waals surface area contributed by atoms with Crippen molar-refractivity contribution < 1.29 is 4.74 Å². The Morgan fingerprint density at radius 2 is 2.22 bits per heavy atom. The first-order valence-electron chi connectivity index (χ1n) is 8.45. The van der Waals surface area contributed by atoms with Crippen molar-refractivity contribution in [2.24, 2.45) is 11.8 Å². The second-order valence-electron chi connectivity index (χ2n) is 6.94. The first kappa shape index (κ1) is 14.8. The van der Waals surface area contributed by atoms with Gasteiger partial charge in [0.15, 0.2) is 0 Å². The fourth-order valence-electron chi connectivity index (χ4n) is 3.67. The summed E-state index contributed by atoms with van der Waals surface area (Å²) in [7, 11) is 0. The molecule has 0 radical (unpaired) electrons. The molecule has 0 fully saturated rings. The van der Waals surface area contributed by atoms with Gasteiger partial charge < -0.3 is 10.1 Å². The summed E-state index contributed by atoms with van der Waals surface area (Å²) >= 11 is 1.85. The topological polar surface area (TPSA) is 21.3 Å². The normalized spacial score (nSPS) is 25.1. The quantitative estimate of drug-likeness (QED) is 0.738. The molecule has 0 spiro atoms. The Hall–Kier alpha value is -1.74. The number of allylic oxidation sites excluding steroid dienone is 2. The zero-order valence-corrected chi connectivity index (χ0v) is 14.5. The predicted octanol–water partition coefficient (Wildman–Crippen LogP) is 5.61. The number of hydrogen-bond acceptors (Lipinski definition) is 3. The summed E-state index contributed by atoms with van der Waals surface area (Å²) in [6, 6.07) is 11.3. The van der Waals surface area contributed by atoms with Gasteiger partial charge in [0.25, 0.3) is 0 Å². The minimum absolute atomic E-state index is 0.421. The van der Waals surface area contributed by atoms with Crippen LogP contribution in [0, 0.1) is 11.8 Å². The molecule has 3 atom stereocenters. The molecule has 2 nitrogen and oxygen atoms in total. The Bertz CT molecular complexity index is 704. The van der Waals surface area contributed by atoms with Gasteiger partial charge in [-0.05, 0) is 53.5 Å². The summed E-state index contributed by atoms with van der Waals surface area (Å²) < 4.78 is 5.93. The summed E-state index contributed by atoms with van der Waals surface area (Å²) in [6.45, 7) is 5.14. The lowest BCUT2D eigenvalue weighted by Gasteiger charge is -2.37. The van der Waals surface area contributed by atoms with E-state index < -0.39 is 0 Å². The molecule has 23 heavy (non-hydrogen) atoms. The van der Waals surface area contributed by atoms with Gasteiger partial charge in [0.2, 0.25) is 0 Å². The van der Waals surface area contributed by atoms with Gasteiger partial charge in [0.1, 0.15) is 5.75 Å². The first-order valence-corrected chi connectivity index (χ1v) is 9.33. The van der Waals surface area contributed by atoms with Crippen LogP contribution in [0.4, 0.5) is 5.69 Å². The molecule has 2 aliphatic rings. The molecule has 4 rings (SSSR count). The van der Waals surface area contributed by atoms with Gasteiger partial charge in [-0.25, -0.2) is 0 Å². The summed E-state index contributed by atoms with van der Waals surface area (Å²) in [5.74, 6) is 2.65. The summed E-state index contributed by atoms with van der Waals surface area (Å²) in [6.07, 6.45) is 5.88. The van der Waals surface area contributed by atoms with Gasteiger partial charge in [-0.1, -0.05) is 32.1 Å². The van der Waals surface area contributed by atoms with E-state index in [2.05, 4.69) is 67.0 Å². The highest BCUT2D eigenvalue weighted by atomic mass is 32.1. The fraction of sp³-hybridized carbons (Fsp3) is 0.400. The molecule has 0 bridgehead atoms. The SMILES string of the molecule is CC(C)COc1ccc2c(c1)C1C=CCC1C(c1cccs1)N2. The Balaban J connectivity index is 1.65. The van der Waals surface area contributed by atoms with E-state index in [1.807, 2.05) is 11.3 Å². The van der Waals surface area contributed by atoms with E-state index in [0.717, 1.165) is 18.8 Å². The van der Waals surface area contributed by atoms with Gasteiger partial charge in [-0.15, -0.1) is 11.3 Å². The summed E-state index contributed by atoms with van der Waals surface area (Å²) in [5.41, 5.74) is 2.64. The number of nitrogens with one attached hydrogen (secondary N) is 1. The predicted molar refractivity (Wildman–Crippen MR) is 97.4 cm³/mol. The molecule has 3 heteroatoms. The average molecular weight is 325 g/mol. The lowest BCUT2D eigenvalue weighted by Crippen LogP contribution is -2.28. The minimum atomic E-state index is 0.421. The molecule has 2 heterocycles. The van der Waals surface area contributed by atoms with E-state index in [-0.39, 0.29) is 0 Å². The van der Waals surface area contributed by atoms with Crippen LogP contribution >= 0.6 is 11.3 Å². The Labute approximate surface area is 142 Å². The largest absolute Gasteiger partial charge is 0.493 e. The van der Waals surface area contributed by atoms with Gasteiger partial charge in [0, 0.05) is 16.5 Å². The van der Waals surface area contributed by atoms with Crippen molar-refractivity contribution in [2.75, 3.05) is 11.9 Å². The minimum Gasteiger partial charge on any atom is -0.493 e. The van der Waals surface area contributed by atoms with Crippen molar-refractivity contribution in [3.05, 3.63) is 58.3 Å². The molecule has 120 valence electrons. The molecule has 1 aliphatic heterocycles. The highest BCUT2D eigenvalue weighted by Gasteiger charge is 2.38. The molecule has 0 saturated heterocycles. The average Bonchev–Trinajstić information content (AvgIpc) is 3.23. The standard InChI is InChI=1S/C20H23NOS/c1-13(2)12-22-14-8-9-18-17(11-14)15-5-3-6-16(15)20(21-18)19-7-4-10-23-19/h3-5,7-11,13,15-16,20-21H,6,12H2,1-2H3. The zero-order valence-electron chi connectivity index (χ0n) is 13.7. The Morgan fingerprint density at radius 1 is 1.30 bits per heavy atom. The Morgan fingerprint density at radius 3 is 3.00 bits per heavy atom. The molecule has 1 aromatic heterocycles. The lowest BCUT2D eigenvalue weighted by molar-refractivity contribution is 0.270. The third kappa shape index (κ3) is 2.78. The molecule has 1 aliphatic carbocycles. The van der Waals surface area contributed by atoms with Crippen LogP contribution in [0.25, 0.3) is 0 Å². The number of ether oxygens (including phenoxy) is 1. The highest BCUT2D eigenvalue weighted by Crippen LogP contribution is 2.51. The van der Waals surface area contributed by atoms with Crippen molar-refractivity contribution in [3.8, 4) is 5.75 Å². The third-order valence-corrected chi connectivity index (χ3v) is 5.72. The van der Waals surface area contributed by atoms with E-state index in [0.29, 0.717) is 23.8 Å². The highest BCUT2D eigenvalue weighted by molar-refractivity contribution is 7.10. The van der Waals surface area contributed by atoms with Crippen LogP contribution in [0.3, 0.4) is 0 Å². The smallest absolute Gasteiger partial charge is 0.119 e. The number of anilines is 1. The number of hydrogen-bond donors (Lipinski definition) is 1. The van der Waals surface area contributed by atoms with Crippen molar-refractivity contribution in [1.29, 1.82) is 0 Å². The van der Waals surface area contributed by atoms with Gasteiger partial charge in [-0.2, -0.15) is 0 Å². The van der Waals surface area contributed by atoms with E-state index >= 15 is 0 Å². The molecular formula is C20H23NOS. The van der Waals surface area contributed by atoms with Gasteiger partial charge >= 0.3 is 0 Å². The first-order chi connectivity index (χ1) is 11.2. The van der Waals surface area contributed by atoms with E-state index in [9.17, 15) is 0 Å².